The molecule has 1 rings (SSSR count). The number of carbonyl (C=O) groups is 1. The first-order chi connectivity index (χ1) is 6.89. The summed E-state index contributed by atoms with van der Waals surface area (Å²) in [6.45, 7) is 8.45. The maximum atomic E-state index is 11.3. The van der Waals surface area contributed by atoms with E-state index in [2.05, 4.69) is 0 Å². The quantitative estimate of drug-likeness (QED) is 0.671. The van der Waals surface area contributed by atoms with Crippen LogP contribution in [0.25, 0.3) is 0 Å². The Hall–Kier alpha value is -0.610. The Labute approximate surface area is 90.9 Å². The van der Waals surface area contributed by atoms with Crippen molar-refractivity contribution in [1.82, 2.24) is 0 Å². The van der Waals surface area contributed by atoms with E-state index in [-0.39, 0.29) is 18.7 Å². The average molecular weight is 216 g/mol. The first-order valence-corrected chi connectivity index (χ1v) is 5.36. The van der Waals surface area contributed by atoms with Gasteiger partial charge in [-0.2, -0.15) is 0 Å². The molecule has 1 atom stereocenters. The molecule has 1 aliphatic heterocycles. The van der Waals surface area contributed by atoms with Crippen molar-refractivity contribution in [1.29, 1.82) is 0 Å². The smallest absolute Gasteiger partial charge is 0.306 e. The highest BCUT2D eigenvalue weighted by Gasteiger charge is 2.33. The van der Waals surface area contributed by atoms with E-state index < -0.39 is 5.79 Å². The van der Waals surface area contributed by atoms with E-state index in [1.165, 1.54) is 0 Å². The van der Waals surface area contributed by atoms with Crippen LogP contribution in [0.3, 0.4) is 0 Å². The van der Waals surface area contributed by atoms with E-state index in [9.17, 15) is 4.79 Å². The lowest BCUT2D eigenvalue weighted by atomic mass is 10.1. The lowest BCUT2D eigenvalue weighted by Crippen LogP contribution is -2.25. The normalized spacial score (nSPS) is 24.5. The van der Waals surface area contributed by atoms with Crippen molar-refractivity contribution in [2.24, 2.45) is 5.92 Å². The third kappa shape index (κ3) is 4.62. The van der Waals surface area contributed by atoms with Gasteiger partial charge < -0.3 is 14.2 Å². The minimum absolute atomic E-state index is 0.129. The summed E-state index contributed by atoms with van der Waals surface area (Å²) >= 11 is 0. The topological polar surface area (TPSA) is 44.8 Å². The Balaban J connectivity index is 2.18. The molecular formula is C11H20O4. The fraction of sp³-hybridized carbons (Fsp3) is 0.909. The fourth-order valence-electron chi connectivity index (χ4n) is 1.42. The molecule has 0 aromatic heterocycles. The molecule has 88 valence electrons. The van der Waals surface area contributed by atoms with Crippen LogP contribution in [0.2, 0.25) is 0 Å². The van der Waals surface area contributed by atoms with E-state index in [0.29, 0.717) is 18.9 Å². The monoisotopic (exact) mass is 216 g/mol. The number of carbonyl (C=O) groups excluding carboxylic acids is 1. The second-order valence-electron chi connectivity index (χ2n) is 4.73. The molecule has 0 aliphatic carbocycles. The zero-order valence-corrected chi connectivity index (χ0v) is 9.91. The van der Waals surface area contributed by atoms with Gasteiger partial charge in [-0.1, -0.05) is 13.8 Å². The summed E-state index contributed by atoms with van der Waals surface area (Å²) in [4.78, 5) is 11.3. The van der Waals surface area contributed by atoms with E-state index in [0.717, 1.165) is 0 Å². The van der Waals surface area contributed by atoms with Gasteiger partial charge in [0.25, 0.3) is 0 Å². The van der Waals surface area contributed by atoms with Crippen molar-refractivity contribution in [3.05, 3.63) is 0 Å². The van der Waals surface area contributed by atoms with Gasteiger partial charge in [-0.3, -0.25) is 4.79 Å². The summed E-state index contributed by atoms with van der Waals surface area (Å²) in [6, 6.07) is 0. The van der Waals surface area contributed by atoms with E-state index in [1.807, 2.05) is 27.7 Å². The number of ether oxygens (including phenoxy) is 3. The van der Waals surface area contributed by atoms with E-state index in [4.69, 9.17) is 14.2 Å². The van der Waals surface area contributed by atoms with Gasteiger partial charge in [0.05, 0.1) is 6.61 Å². The zero-order valence-electron chi connectivity index (χ0n) is 9.91. The molecule has 1 heterocycles. The zero-order chi connectivity index (χ0) is 11.5. The predicted octanol–water partition coefficient (Wildman–Crippen LogP) is 1.73. The van der Waals surface area contributed by atoms with Crippen molar-refractivity contribution in [2.75, 3.05) is 13.2 Å². The summed E-state index contributed by atoms with van der Waals surface area (Å²) in [6.07, 6.45) is 0.327. The van der Waals surface area contributed by atoms with Crippen LogP contribution in [-0.2, 0) is 19.0 Å². The highest BCUT2D eigenvalue weighted by molar-refractivity contribution is 5.69. The summed E-state index contributed by atoms with van der Waals surface area (Å²) in [5.41, 5.74) is 0. The Morgan fingerprint density at radius 1 is 1.53 bits per heavy atom. The lowest BCUT2D eigenvalue weighted by molar-refractivity contribution is -0.158. The van der Waals surface area contributed by atoms with Crippen LogP contribution in [0, 0.1) is 5.92 Å². The Bertz CT molecular complexity index is 223. The van der Waals surface area contributed by atoms with Crippen LogP contribution in [0.5, 0.6) is 0 Å². The van der Waals surface area contributed by atoms with Gasteiger partial charge in [-0.15, -0.1) is 0 Å². The van der Waals surface area contributed by atoms with Gasteiger partial charge in [0.1, 0.15) is 12.7 Å². The second-order valence-corrected chi connectivity index (χ2v) is 4.73. The largest absolute Gasteiger partial charge is 0.463 e. The molecule has 0 spiro atoms. The standard InChI is InChI=1S/C11H20O4/c1-8(2)5-10(12)13-6-9-7-14-11(3,4)15-9/h8-9H,5-7H2,1-4H3. The first kappa shape index (κ1) is 12.5. The van der Waals surface area contributed by atoms with Crippen LogP contribution < -0.4 is 0 Å². The van der Waals surface area contributed by atoms with Gasteiger partial charge in [0.15, 0.2) is 5.79 Å². The highest BCUT2D eigenvalue weighted by atomic mass is 16.7. The van der Waals surface area contributed by atoms with Gasteiger partial charge in [0.2, 0.25) is 0 Å². The first-order valence-electron chi connectivity index (χ1n) is 5.36. The maximum Gasteiger partial charge on any atom is 0.306 e. The predicted molar refractivity (Wildman–Crippen MR) is 55.3 cm³/mol. The molecule has 0 saturated carbocycles. The molecule has 1 aliphatic rings. The van der Waals surface area contributed by atoms with Gasteiger partial charge in [-0.05, 0) is 19.8 Å². The second kappa shape index (κ2) is 4.94. The summed E-state index contributed by atoms with van der Waals surface area (Å²) < 4.78 is 15.9. The Kier molecular flexibility index (Phi) is 4.11. The van der Waals surface area contributed by atoms with Crippen molar-refractivity contribution in [2.45, 2.75) is 46.0 Å². The van der Waals surface area contributed by atoms with Crippen LogP contribution >= 0.6 is 0 Å². The maximum absolute atomic E-state index is 11.3. The van der Waals surface area contributed by atoms with E-state index >= 15 is 0 Å². The van der Waals surface area contributed by atoms with Gasteiger partial charge in [0, 0.05) is 6.42 Å². The molecule has 1 fully saturated rings. The third-order valence-electron chi connectivity index (χ3n) is 2.07. The molecule has 4 heteroatoms. The molecule has 0 bridgehead atoms. The molecular weight excluding hydrogens is 196 g/mol. The molecule has 1 unspecified atom stereocenters. The minimum atomic E-state index is -0.547. The molecule has 0 radical (unpaired) electrons. The fourth-order valence-corrected chi connectivity index (χ4v) is 1.42. The molecule has 4 nitrogen and oxygen atoms in total. The van der Waals surface area contributed by atoms with Gasteiger partial charge in [-0.25, -0.2) is 0 Å². The molecule has 0 amide bonds. The minimum Gasteiger partial charge on any atom is -0.463 e. The Morgan fingerprint density at radius 3 is 2.67 bits per heavy atom. The summed E-state index contributed by atoms with van der Waals surface area (Å²) in [7, 11) is 0. The number of hydrogen-bond acceptors (Lipinski definition) is 4. The molecule has 1 saturated heterocycles. The van der Waals surface area contributed by atoms with Crippen molar-refractivity contribution < 1.29 is 19.0 Å². The number of hydrogen-bond donors (Lipinski definition) is 0. The number of rotatable bonds is 4. The van der Waals surface area contributed by atoms with Crippen molar-refractivity contribution in [3.8, 4) is 0 Å². The lowest BCUT2D eigenvalue weighted by Gasteiger charge is -2.17. The van der Waals surface area contributed by atoms with Crippen LogP contribution in [0.15, 0.2) is 0 Å². The number of esters is 1. The summed E-state index contributed by atoms with van der Waals surface area (Å²) in [5.74, 6) is -0.386. The third-order valence-corrected chi connectivity index (χ3v) is 2.07. The molecule has 0 N–H and O–H groups in total. The van der Waals surface area contributed by atoms with E-state index in [1.54, 1.807) is 0 Å². The average Bonchev–Trinajstić information content (AvgIpc) is 2.41. The SMILES string of the molecule is CC(C)CC(=O)OCC1COC(C)(C)O1. The van der Waals surface area contributed by atoms with Crippen molar-refractivity contribution in [3.63, 3.8) is 0 Å². The van der Waals surface area contributed by atoms with Gasteiger partial charge >= 0.3 is 5.97 Å². The van der Waals surface area contributed by atoms with Crippen LogP contribution in [0.1, 0.15) is 34.1 Å². The molecule has 15 heavy (non-hydrogen) atoms. The molecule has 0 aromatic carbocycles. The summed E-state index contributed by atoms with van der Waals surface area (Å²) in [5, 5.41) is 0. The van der Waals surface area contributed by atoms with Crippen molar-refractivity contribution >= 4 is 5.97 Å². The Morgan fingerprint density at radius 2 is 2.20 bits per heavy atom. The van der Waals surface area contributed by atoms with Crippen LogP contribution in [-0.4, -0.2) is 31.1 Å². The van der Waals surface area contributed by atoms with Crippen LogP contribution in [0.4, 0.5) is 0 Å². The highest BCUT2D eigenvalue weighted by Crippen LogP contribution is 2.22. The molecule has 0 aromatic rings.